The third-order valence-corrected chi connectivity index (χ3v) is 3.76. The Balaban J connectivity index is 2.80. The Morgan fingerprint density at radius 2 is 1.59 bits per heavy atom. The fourth-order valence-electron chi connectivity index (χ4n) is 2.52. The molecule has 0 aromatic heterocycles. The van der Waals surface area contributed by atoms with E-state index in [0.717, 1.165) is 23.5 Å². The van der Waals surface area contributed by atoms with Gasteiger partial charge in [-0.25, -0.2) is 0 Å². The molecule has 0 bridgehead atoms. The lowest BCUT2D eigenvalue weighted by molar-refractivity contribution is 0.00636. The van der Waals surface area contributed by atoms with Gasteiger partial charge in [0.05, 0.1) is 25.4 Å². The van der Waals surface area contributed by atoms with Crippen LogP contribution in [0.3, 0.4) is 0 Å². The van der Waals surface area contributed by atoms with Crippen molar-refractivity contribution < 1.29 is 19.7 Å². The minimum atomic E-state index is -0.697. The van der Waals surface area contributed by atoms with Gasteiger partial charge in [-0.15, -0.1) is 0 Å². The Hall–Kier alpha value is -1.26. The van der Waals surface area contributed by atoms with E-state index in [2.05, 4.69) is 0 Å². The first-order valence-corrected chi connectivity index (χ1v) is 8.29. The maximum Gasteiger partial charge on any atom is 0.161 e. The maximum atomic E-state index is 10.1. The summed E-state index contributed by atoms with van der Waals surface area (Å²) in [5.41, 5.74) is 1.08. The number of aliphatic hydroxyl groups excluding tert-OH is 2. The van der Waals surface area contributed by atoms with Crippen LogP contribution < -0.4 is 9.47 Å². The summed E-state index contributed by atoms with van der Waals surface area (Å²) in [5.74, 6) is 1.61. The summed E-state index contributed by atoms with van der Waals surface area (Å²) in [6, 6.07) is 5.88. The third-order valence-electron chi connectivity index (χ3n) is 3.76. The van der Waals surface area contributed by atoms with Crippen molar-refractivity contribution in [3.05, 3.63) is 23.8 Å². The molecular weight excluding hydrogens is 280 g/mol. The first kappa shape index (κ1) is 18.8. The Morgan fingerprint density at radius 1 is 0.955 bits per heavy atom. The lowest BCUT2D eigenvalue weighted by atomic mass is 9.92. The fourth-order valence-corrected chi connectivity index (χ4v) is 2.52. The minimum absolute atomic E-state index is 0.136. The molecule has 0 fully saturated rings. The van der Waals surface area contributed by atoms with Gasteiger partial charge in [0.1, 0.15) is 0 Å². The molecule has 0 aliphatic heterocycles. The highest BCUT2D eigenvalue weighted by Crippen LogP contribution is 2.33. The van der Waals surface area contributed by atoms with Gasteiger partial charge in [0.2, 0.25) is 0 Å². The first-order valence-electron chi connectivity index (χ1n) is 8.29. The van der Waals surface area contributed by atoms with Crippen molar-refractivity contribution in [2.45, 2.75) is 65.1 Å². The average molecular weight is 310 g/mol. The van der Waals surface area contributed by atoms with Gasteiger partial charge < -0.3 is 19.7 Å². The van der Waals surface area contributed by atoms with Gasteiger partial charge in [-0.2, -0.15) is 0 Å². The Kier molecular flexibility index (Phi) is 8.28. The van der Waals surface area contributed by atoms with Gasteiger partial charge in [0.25, 0.3) is 0 Å². The van der Waals surface area contributed by atoms with E-state index >= 15 is 0 Å². The van der Waals surface area contributed by atoms with Gasteiger partial charge in [-0.1, -0.05) is 26.3 Å². The Morgan fingerprint density at radius 3 is 2.18 bits per heavy atom. The van der Waals surface area contributed by atoms with Crippen molar-refractivity contribution in [3.63, 3.8) is 0 Å². The smallest absolute Gasteiger partial charge is 0.161 e. The molecule has 0 saturated heterocycles. The summed E-state index contributed by atoms with van der Waals surface area (Å²) >= 11 is 0. The van der Waals surface area contributed by atoms with Crippen molar-refractivity contribution in [3.8, 4) is 11.5 Å². The number of hydrogen-bond acceptors (Lipinski definition) is 4. The predicted octanol–water partition coefficient (Wildman–Crippen LogP) is 3.50. The zero-order chi connectivity index (χ0) is 16.5. The highest BCUT2D eigenvalue weighted by molar-refractivity contribution is 5.44. The van der Waals surface area contributed by atoms with E-state index in [0.29, 0.717) is 26.1 Å². The van der Waals surface area contributed by atoms with Crippen LogP contribution in [0.2, 0.25) is 0 Å². The molecule has 4 nitrogen and oxygen atoms in total. The van der Waals surface area contributed by atoms with E-state index in [1.165, 1.54) is 0 Å². The molecule has 3 unspecified atom stereocenters. The molecule has 0 amide bonds. The normalized spacial score (nSPS) is 15.2. The summed E-state index contributed by atoms with van der Waals surface area (Å²) in [5, 5.41) is 20.0. The third kappa shape index (κ3) is 5.50. The Labute approximate surface area is 134 Å². The predicted molar refractivity (Wildman–Crippen MR) is 88.7 cm³/mol. The summed E-state index contributed by atoms with van der Waals surface area (Å²) < 4.78 is 11.2. The molecule has 1 rings (SSSR count). The van der Waals surface area contributed by atoms with Crippen LogP contribution >= 0.6 is 0 Å². The van der Waals surface area contributed by atoms with Crippen LogP contribution in [0.15, 0.2) is 18.2 Å². The molecule has 3 atom stereocenters. The zero-order valence-electron chi connectivity index (χ0n) is 14.2. The van der Waals surface area contributed by atoms with Gasteiger partial charge in [-0.05, 0) is 50.3 Å². The van der Waals surface area contributed by atoms with E-state index in [1.54, 1.807) is 0 Å². The van der Waals surface area contributed by atoms with E-state index in [-0.39, 0.29) is 5.92 Å². The van der Waals surface area contributed by atoms with Gasteiger partial charge in [-0.3, -0.25) is 0 Å². The number of ether oxygens (including phenoxy) is 2. The minimum Gasteiger partial charge on any atom is -0.490 e. The second-order valence-corrected chi connectivity index (χ2v) is 5.63. The van der Waals surface area contributed by atoms with E-state index in [9.17, 15) is 10.2 Å². The summed E-state index contributed by atoms with van der Waals surface area (Å²) in [6.45, 7) is 9.11. The molecule has 0 radical (unpaired) electrons. The van der Waals surface area contributed by atoms with E-state index in [1.807, 2.05) is 45.9 Å². The molecule has 126 valence electrons. The highest BCUT2D eigenvalue weighted by atomic mass is 16.5. The highest BCUT2D eigenvalue weighted by Gasteiger charge is 2.20. The topological polar surface area (TPSA) is 58.9 Å². The lowest BCUT2D eigenvalue weighted by Gasteiger charge is -2.22. The average Bonchev–Trinajstić information content (AvgIpc) is 2.49. The largest absolute Gasteiger partial charge is 0.490 e. The van der Waals surface area contributed by atoms with Crippen molar-refractivity contribution in [2.75, 3.05) is 13.2 Å². The number of aliphatic hydroxyl groups is 2. The molecule has 4 heteroatoms. The quantitative estimate of drug-likeness (QED) is 0.694. The number of hydrogen-bond donors (Lipinski definition) is 2. The standard InChI is InChI=1S/C18H30O4/c1-5-8-15(19)16(20)11-13(4)14-9-10-17(21-6-2)18(12-14)22-7-3/h9-10,12-13,15-16,19-20H,5-8,11H2,1-4H3. The molecule has 1 aromatic rings. The van der Waals surface area contributed by atoms with Crippen LogP contribution in [0.25, 0.3) is 0 Å². The SMILES string of the molecule is CCCC(O)C(O)CC(C)c1ccc(OCC)c(OCC)c1. The van der Waals surface area contributed by atoms with Crippen LogP contribution in [0.4, 0.5) is 0 Å². The van der Waals surface area contributed by atoms with Gasteiger partial charge in [0.15, 0.2) is 11.5 Å². The van der Waals surface area contributed by atoms with Crippen LogP contribution in [0, 0.1) is 0 Å². The summed E-state index contributed by atoms with van der Waals surface area (Å²) in [7, 11) is 0. The van der Waals surface area contributed by atoms with Crippen LogP contribution in [0.1, 0.15) is 58.4 Å². The van der Waals surface area contributed by atoms with Crippen molar-refractivity contribution in [2.24, 2.45) is 0 Å². The molecule has 0 aliphatic rings. The van der Waals surface area contributed by atoms with Crippen LogP contribution in [-0.4, -0.2) is 35.6 Å². The van der Waals surface area contributed by atoms with Gasteiger partial charge >= 0.3 is 0 Å². The lowest BCUT2D eigenvalue weighted by Crippen LogP contribution is -2.27. The summed E-state index contributed by atoms with van der Waals surface area (Å²) in [4.78, 5) is 0. The monoisotopic (exact) mass is 310 g/mol. The van der Waals surface area contributed by atoms with Crippen LogP contribution in [0.5, 0.6) is 11.5 Å². The van der Waals surface area contributed by atoms with Crippen molar-refractivity contribution in [1.82, 2.24) is 0 Å². The first-order chi connectivity index (χ1) is 10.5. The van der Waals surface area contributed by atoms with Gasteiger partial charge in [0, 0.05) is 0 Å². The molecule has 22 heavy (non-hydrogen) atoms. The second-order valence-electron chi connectivity index (χ2n) is 5.63. The molecule has 2 N–H and O–H groups in total. The van der Waals surface area contributed by atoms with E-state index < -0.39 is 12.2 Å². The molecule has 0 spiro atoms. The molecule has 1 aromatic carbocycles. The van der Waals surface area contributed by atoms with Crippen LogP contribution in [-0.2, 0) is 0 Å². The van der Waals surface area contributed by atoms with E-state index in [4.69, 9.17) is 9.47 Å². The fraction of sp³-hybridized carbons (Fsp3) is 0.667. The molecule has 0 heterocycles. The number of benzene rings is 1. The molecular formula is C18H30O4. The second kappa shape index (κ2) is 9.70. The molecule has 0 saturated carbocycles. The molecule has 0 aliphatic carbocycles. The maximum absolute atomic E-state index is 10.1. The zero-order valence-corrected chi connectivity index (χ0v) is 14.2. The Bertz CT molecular complexity index is 433. The summed E-state index contributed by atoms with van der Waals surface area (Å²) in [6.07, 6.45) is 0.672. The van der Waals surface area contributed by atoms with Crippen molar-refractivity contribution in [1.29, 1.82) is 0 Å². The number of rotatable bonds is 10. The van der Waals surface area contributed by atoms with Crippen molar-refractivity contribution >= 4 is 0 Å².